The van der Waals surface area contributed by atoms with E-state index >= 15 is 0 Å². The molecule has 1 aliphatic rings. The molecule has 3 unspecified atom stereocenters. The van der Waals surface area contributed by atoms with Crippen molar-refractivity contribution in [3.8, 4) is 5.75 Å². The molecule has 0 aromatic heterocycles. The van der Waals surface area contributed by atoms with E-state index < -0.39 is 0 Å². The minimum atomic E-state index is 0.147. The Bertz CT molecular complexity index is 444. The van der Waals surface area contributed by atoms with E-state index in [1.165, 1.54) is 0 Å². The molecule has 1 aromatic rings. The zero-order valence-electron chi connectivity index (χ0n) is 13.0. The third-order valence-corrected chi connectivity index (χ3v) is 4.67. The van der Waals surface area contributed by atoms with Gasteiger partial charge < -0.3 is 15.2 Å². The third-order valence-electron chi connectivity index (χ3n) is 4.67. The van der Waals surface area contributed by atoms with Crippen LogP contribution in [-0.4, -0.2) is 23.9 Å². The lowest BCUT2D eigenvalue weighted by molar-refractivity contribution is -0.116. The predicted octanol–water partition coefficient (Wildman–Crippen LogP) is 3.64. The maximum atomic E-state index is 10.0. The number of hydrogen-bond acceptors (Lipinski definition) is 3. The quantitative estimate of drug-likeness (QED) is 0.834. The van der Waals surface area contributed by atoms with Crippen molar-refractivity contribution in [1.29, 1.82) is 0 Å². The monoisotopic (exact) mass is 277 g/mol. The van der Waals surface area contributed by atoms with E-state index in [0.717, 1.165) is 25.0 Å². The second-order valence-electron chi connectivity index (χ2n) is 6.24. The van der Waals surface area contributed by atoms with Crippen molar-refractivity contribution in [1.82, 2.24) is 5.32 Å². The van der Waals surface area contributed by atoms with Crippen molar-refractivity contribution < 1.29 is 9.84 Å². The highest BCUT2D eigenvalue weighted by atomic mass is 16.5. The summed E-state index contributed by atoms with van der Waals surface area (Å²) in [4.78, 5) is 0. The zero-order valence-corrected chi connectivity index (χ0v) is 13.0. The van der Waals surface area contributed by atoms with Crippen LogP contribution in [0.4, 0.5) is 0 Å². The minimum Gasteiger partial charge on any atom is -0.508 e. The van der Waals surface area contributed by atoms with Gasteiger partial charge in [-0.15, -0.1) is 0 Å². The van der Waals surface area contributed by atoms with Gasteiger partial charge in [0, 0.05) is 29.7 Å². The molecule has 0 spiro atoms. The SMILES string of the molecule is CCOC1CC(NC(CC)c2ccccc2O)C1(C)C. The summed E-state index contributed by atoms with van der Waals surface area (Å²) in [5, 5.41) is 13.7. The van der Waals surface area contributed by atoms with Gasteiger partial charge in [-0.2, -0.15) is 0 Å². The molecule has 0 bridgehead atoms. The van der Waals surface area contributed by atoms with Crippen molar-refractivity contribution in [3.63, 3.8) is 0 Å². The first-order chi connectivity index (χ1) is 9.50. The van der Waals surface area contributed by atoms with Crippen LogP contribution in [-0.2, 0) is 4.74 Å². The number of phenols is 1. The van der Waals surface area contributed by atoms with Crippen LogP contribution in [0.2, 0.25) is 0 Å². The van der Waals surface area contributed by atoms with Gasteiger partial charge in [0.05, 0.1) is 6.10 Å². The Labute approximate surface area is 122 Å². The Morgan fingerprint density at radius 3 is 2.60 bits per heavy atom. The Hall–Kier alpha value is -1.06. The highest BCUT2D eigenvalue weighted by Gasteiger charge is 2.49. The average molecular weight is 277 g/mol. The van der Waals surface area contributed by atoms with Gasteiger partial charge in [0.25, 0.3) is 0 Å². The maximum absolute atomic E-state index is 10.0. The van der Waals surface area contributed by atoms with Crippen molar-refractivity contribution in [2.45, 2.75) is 58.7 Å². The van der Waals surface area contributed by atoms with Gasteiger partial charge in [-0.05, 0) is 25.8 Å². The van der Waals surface area contributed by atoms with Crippen LogP contribution in [0.25, 0.3) is 0 Å². The van der Waals surface area contributed by atoms with Crippen LogP contribution in [0.15, 0.2) is 24.3 Å². The van der Waals surface area contributed by atoms with Gasteiger partial charge in [-0.25, -0.2) is 0 Å². The van der Waals surface area contributed by atoms with Gasteiger partial charge in [-0.1, -0.05) is 39.0 Å². The van der Waals surface area contributed by atoms with Crippen LogP contribution in [0.5, 0.6) is 5.75 Å². The van der Waals surface area contributed by atoms with Crippen LogP contribution < -0.4 is 5.32 Å². The molecule has 0 saturated heterocycles. The fourth-order valence-corrected chi connectivity index (χ4v) is 3.10. The number of rotatable bonds is 6. The second kappa shape index (κ2) is 6.15. The van der Waals surface area contributed by atoms with Gasteiger partial charge in [0.1, 0.15) is 5.75 Å². The van der Waals surface area contributed by atoms with E-state index in [4.69, 9.17) is 4.74 Å². The summed E-state index contributed by atoms with van der Waals surface area (Å²) in [6, 6.07) is 8.24. The molecule has 1 aliphatic carbocycles. The molecule has 0 radical (unpaired) electrons. The van der Waals surface area contributed by atoms with Crippen LogP contribution >= 0.6 is 0 Å². The summed E-state index contributed by atoms with van der Waals surface area (Å²) >= 11 is 0. The lowest BCUT2D eigenvalue weighted by Gasteiger charge is -2.53. The number of aromatic hydroxyl groups is 1. The summed E-state index contributed by atoms with van der Waals surface area (Å²) in [6.45, 7) is 9.49. The summed E-state index contributed by atoms with van der Waals surface area (Å²) in [7, 11) is 0. The predicted molar refractivity (Wildman–Crippen MR) is 81.9 cm³/mol. The molecule has 20 heavy (non-hydrogen) atoms. The van der Waals surface area contributed by atoms with Crippen molar-refractivity contribution >= 4 is 0 Å². The summed E-state index contributed by atoms with van der Waals surface area (Å²) in [5.41, 5.74) is 1.14. The van der Waals surface area contributed by atoms with E-state index in [1.807, 2.05) is 25.1 Å². The number of ether oxygens (including phenoxy) is 1. The second-order valence-corrected chi connectivity index (χ2v) is 6.24. The number of hydrogen-bond donors (Lipinski definition) is 2. The molecule has 2 rings (SSSR count). The van der Waals surface area contributed by atoms with E-state index in [9.17, 15) is 5.11 Å². The van der Waals surface area contributed by atoms with E-state index in [1.54, 1.807) is 6.07 Å². The average Bonchev–Trinajstić information content (AvgIpc) is 2.43. The number of nitrogens with one attached hydrogen (secondary N) is 1. The molecular formula is C17H27NO2. The van der Waals surface area contributed by atoms with Crippen LogP contribution in [0.3, 0.4) is 0 Å². The van der Waals surface area contributed by atoms with Gasteiger partial charge in [0.2, 0.25) is 0 Å². The highest BCUT2D eigenvalue weighted by molar-refractivity contribution is 5.34. The maximum Gasteiger partial charge on any atom is 0.120 e. The summed E-state index contributed by atoms with van der Waals surface area (Å²) < 4.78 is 5.78. The normalized spacial score (nSPS) is 26.0. The van der Waals surface area contributed by atoms with Crippen molar-refractivity contribution in [2.75, 3.05) is 6.61 Å². The lowest BCUT2D eigenvalue weighted by atomic mass is 9.64. The van der Waals surface area contributed by atoms with Gasteiger partial charge in [-0.3, -0.25) is 0 Å². The molecule has 0 heterocycles. The van der Waals surface area contributed by atoms with E-state index in [2.05, 4.69) is 26.1 Å². The topological polar surface area (TPSA) is 41.5 Å². The number of para-hydroxylation sites is 1. The minimum absolute atomic E-state index is 0.147. The molecule has 3 atom stereocenters. The molecule has 1 saturated carbocycles. The molecule has 0 amide bonds. The fourth-order valence-electron chi connectivity index (χ4n) is 3.10. The molecule has 1 fully saturated rings. The van der Waals surface area contributed by atoms with E-state index in [-0.39, 0.29) is 11.5 Å². The molecular weight excluding hydrogens is 250 g/mol. The third kappa shape index (κ3) is 2.84. The van der Waals surface area contributed by atoms with Crippen LogP contribution in [0, 0.1) is 5.41 Å². The standard InChI is InChI=1S/C17H27NO2/c1-5-13(12-9-7-8-10-14(12)19)18-15-11-16(20-6-2)17(15,3)4/h7-10,13,15-16,18-19H,5-6,11H2,1-4H3. The lowest BCUT2D eigenvalue weighted by Crippen LogP contribution is -2.61. The first kappa shape index (κ1) is 15.3. The largest absolute Gasteiger partial charge is 0.508 e. The first-order valence-corrected chi connectivity index (χ1v) is 7.66. The molecule has 2 N–H and O–H groups in total. The van der Waals surface area contributed by atoms with Gasteiger partial charge >= 0.3 is 0 Å². The van der Waals surface area contributed by atoms with Crippen LogP contribution in [0.1, 0.15) is 52.1 Å². The Balaban J connectivity index is 2.04. The van der Waals surface area contributed by atoms with Crippen molar-refractivity contribution in [2.24, 2.45) is 5.41 Å². The smallest absolute Gasteiger partial charge is 0.120 e. The highest BCUT2D eigenvalue weighted by Crippen LogP contribution is 2.44. The Morgan fingerprint density at radius 2 is 2.05 bits per heavy atom. The van der Waals surface area contributed by atoms with Crippen molar-refractivity contribution in [3.05, 3.63) is 29.8 Å². The Kier molecular flexibility index (Phi) is 4.71. The zero-order chi connectivity index (χ0) is 14.8. The summed E-state index contributed by atoms with van der Waals surface area (Å²) in [5.74, 6) is 0.380. The molecule has 3 nitrogen and oxygen atoms in total. The summed E-state index contributed by atoms with van der Waals surface area (Å²) in [6.07, 6.45) is 2.35. The first-order valence-electron chi connectivity index (χ1n) is 7.66. The number of benzene rings is 1. The van der Waals surface area contributed by atoms with E-state index in [0.29, 0.717) is 17.9 Å². The fraction of sp³-hybridized carbons (Fsp3) is 0.647. The van der Waals surface area contributed by atoms with Gasteiger partial charge in [0.15, 0.2) is 0 Å². The molecule has 1 aromatic carbocycles. The Morgan fingerprint density at radius 1 is 1.35 bits per heavy atom. The number of phenolic OH excluding ortho intramolecular Hbond substituents is 1. The molecule has 3 heteroatoms. The molecule has 0 aliphatic heterocycles. The molecule has 112 valence electrons.